The van der Waals surface area contributed by atoms with Crippen molar-refractivity contribution < 1.29 is 13.9 Å². The molecule has 4 aromatic rings. The van der Waals surface area contributed by atoms with Crippen molar-refractivity contribution in [2.75, 3.05) is 36.5 Å². The van der Waals surface area contributed by atoms with Crippen LogP contribution in [0.5, 0.6) is 0 Å². The number of hydrogen-bond donors (Lipinski definition) is 1. The van der Waals surface area contributed by atoms with Gasteiger partial charge in [0, 0.05) is 36.0 Å². The molecule has 1 saturated heterocycles. The molecule has 9 nitrogen and oxygen atoms in total. The maximum absolute atomic E-state index is 13.1. The standard InChI is InChI=1S/C25H22N6O3S/c32-20-14-17-8-4-5-9-18(17)21(16-6-2-1-3-7-16)27-22(20)28-24-30-29-23(34-24)19-15-35-25(26-19)31-10-12-33-13-11-31/h1-9,15,22H,10-14H2,(H,28,30)/t22-/m1/s1. The second-order valence-electron chi connectivity index (χ2n) is 8.22. The fraction of sp³-hybridized carbons (Fsp3) is 0.240. The molecule has 10 heteroatoms. The van der Waals surface area contributed by atoms with Gasteiger partial charge >= 0.3 is 6.01 Å². The fourth-order valence-electron chi connectivity index (χ4n) is 4.16. The third-order valence-corrected chi connectivity index (χ3v) is 6.83. The summed E-state index contributed by atoms with van der Waals surface area (Å²) in [5, 5.41) is 14.1. The van der Waals surface area contributed by atoms with Crippen LogP contribution in [0, 0.1) is 0 Å². The zero-order valence-corrected chi connectivity index (χ0v) is 19.6. The number of morpholine rings is 1. The number of ether oxygens (including phenoxy) is 1. The maximum atomic E-state index is 13.1. The van der Waals surface area contributed by atoms with Gasteiger partial charge in [-0.15, -0.1) is 16.4 Å². The average Bonchev–Trinajstić information content (AvgIpc) is 3.55. The third-order valence-electron chi connectivity index (χ3n) is 5.93. The Morgan fingerprint density at radius 2 is 1.80 bits per heavy atom. The first-order chi connectivity index (χ1) is 17.2. The Morgan fingerprint density at radius 1 is 1.00 bits per heavy atom. The minimum absolute atomic E-state index is 0.0774. The van der Waals surface area contributed by atoms with E-state index in [1.165, 1.54) is 11.3 Å². The van der Waals surface area contributed by atoms with E-state index in [-0.39, 0.29) is 18.2 Å². The minimum Gasteiger partial charge on any atom is -0.402 e. The molecular weight excluding hydrogens is 464 g/mol. The van der Waals surface area contributed by atoms with Gasteiger partial charge in [0.1, 0.15) is 5.69 Å². The number of carbonyl (C=O) groups excluding carboxylic acids is 1. The molecule has 1 N–H and O–H groups in total. The van der Waals surface area contributed by atoms with Crippen molar-refractivity contribution in [3.63, 3.8) is 0 Å². The lowest BCUT2D eigenvalue weighted by atomic mass is 9.96. The zero-order valence-electron chi connectivity index (χ0n) is 18.8. The van der Waals surface area contributed by atoms with Gasteiger partial charge in [-0.05, 0) is 5.56 Å². The summed E-state index contributed by atoms with van der Waals surface area (Å²) in [5.74, 6) is 0.214. The Balaban J connectivity index is 1.27. The summed E-state index contributed by atoms with van der Waals surface area (Å²) in [6.45, 7) is 2.98. The number of rotatable bonds is 5. The van der Waals surface area contributed by atoms with Crippen LogP contribution in [0.1, 0.15) is 16.7 Å². The highest BCUT2D eigenvalue weighted by molar-refractivity contribution is 7.14. The van der Waals surface area contributed by atoms with E-state index in [1.54, 1.807) is 0 Å². The zero-order chi connectivity index (χ0) is 23.6. The number of hydrogen-bond acceptors (Lipinski definition) is 10. The Labute approximate surface area is 205 Å². The number of anilines is 2. The van der Waals surface area contributed by atoms with E-state index in [0.717, 1.165) is 40.6 Å². The number of ketones is 1. The van der Waals surface area contributed by atoms with Crippen molar-refractivity contribution in [2.24, 2.45) is 4.99 Å². The van der Waals surface area contributed by atoms with Crippen molar-refractivity contribution in [2.45, 2.75) is 12.6 Å². The third kappa shape index (κ3) is 4.45. The van der Waals surface area contributed by atoms with E-state index in [4.69, 9.17) is 14.1 Å². The maximum Gasteiger partial charge on any atom is 0.317 e. The van der Waals surface area contributed by atoms with Crippen molar-refractivity contribution >= 4 is 34.0 Å². The molecule has 2 aromatic carbocycles. The van der Waals surface area contributed by atoms with Crippen LogP contribution in [-0.4, -0.2) is 59.1 Å². The van der Waals surface area contributed by atoms with Gasteiger partial charge in [0.25, 0.3) is 5.89 Å². The van der Waals surface area contributed by atoms with E-state index in [9.17, 15) is 4.79 Å². The van der Waals surface area contributed by atoms with Gasteiger partial charge < -0.3 is 19.4 Å². The Bertz CT molecular complexity index is 1380. The van der Waals surface area contributed by atoms with E-state index >= 15 is 0 Å². The summed E-state index contributed by atoms with van der Waals surface area (Å²) in [6, 6.07) is 17.8. The highest BCUT2D eigenvalue weighted by atomic mass is 32.1. The summed E-state index contributed by atoms with van der Waals surface area (Å²) < 4.78 is 11.2. The van der Waals surface area contributed by atoms with Gasteiger partial charge in [-0.25, -0.2) is 4.98 Å². The molecule has 2 aliphatic heterocycles. The predicted octanol–water partition coefficient (Wildman–Crippen LogP) is 3.43. The summed E-state index contributed by atoms with van der Waals surface area (Å²) in [5.41, 5.74) is 4.17. The molecule has 0 unspecified atom stereocenters. The van der Waals surface area contributed by atoms with Gasteiger partial charge in [-0.1, -0.05) is 59.7 Å². The normalized spacial score (nSPS) is 18.1. The topological polar surface area (TPSA) is 106 Å². The molecule has 35 heavy (non-hydrogen) atoms. The summed E-state index contributed by atoms with van der Waals surface area (Å²) in [4.78, 5) is 24.8. The molecular formula is C25H22N6O3S. The van der Waals surface area contributed by atoms with Crippen LogP contribution in [-0.2, 0) is 16.0 Å². The molecule has 176 valence electrons. The van der Waals surface area contributed by atoms with Crippen LogP contribution >= 0.6 is 11.3 Å². The van der Waals surface area contributed by atoms with Crippen LogP contribution in [0.4, 0.5) is 11.1 Å². The van der Waals surface area contributed by atoms with Gasteiger partial charge in [0.05, 0.1) is 18.9 Å². The van der Waals surface area contributed by atoms with E-state index < -0.39 is 6.17 Å². The molecule has 0 bridgehead atoms. The molecule has 6 rings (SSSR count). The second kappa shape index (κ2) is 9.40. The highest BCUT2D eigenvalue weighted by Gasteiger charge is 2.27. The average molecular weight is 487 g/mol. The van der Waals surface area contributed by atoms with Crippen LogP contribution in [0.2, 0.25) is 0 Å². The number of nitrogens with one attached hydrogen (secondary N) is 1. The van der Waals surface area contributed by atoms with Gasteiger partial charge in [-0.3, -0.25) is 9.79 Å². The van der Waals surface area contributed by atoms with Crippen molar-refractivity contribution in [3.8, 4) is 11.6 Å². The molecule has 2 aliphatic rings. The number of aliphatic imine (C=N–C) groups is 1. The summed E-state index contributed by atoms with van der Waals surface area (Å²) in [6.07, 6.45) is -0.603. The molecule has 2 aromatic heterocycles. The minimum atomic E-state index is -0.856. The lowest BCUT2D eigenvalue weighted by Crippen LogP contribution is -2.36. The van der Waals surface area contributed by atoms with E-state index in [2.05, 4.69) is 25.4 Å². The lowest BCUT2D eigenvalue weighted by Gasteiger charge is -2.25. The number of fused-ring (bicyclic) bond motifs is 1. The number of carbonyl (C=O) groups is 1. The number of Topliss-reactive ketones (excluding diaryl/α,β-unsaturated/α-hetero) is 1. The number of aromatic nitrogens is 3. The fourth-order valence-corrected chi connectivity index (χ4v) is 5.02. The molecule has 0 spiro atoms. The van der Waals surface area contributed by atoms with E-state index in [1.807, 2.05) is 60.0 Å². The quantitative estimate of drug-likeness (QED) is 0.457. The molecule has 0 amide bonds. The molecule has 1 atom stereocenters. The monoisotopic (exact) mass is 486 g/mol. The second-order valence-corrected chi connectivity index (χ2v) is 9.05. The lowest BCUT2D eigenvalue weighted by molar-refractivity contribution is -0.119. The van der Waals surface area contributed by atoms with Crippen LogP contribution < -0.4 is 10.2 Å². The Kier molecular flexibility index (Phi) is 5.81. The summed E-state index contributed by atoms with van der Waals surface area (Å²) in [7, 11) is 0. The summed E-state index contributed by atoms with van der Waals surface area (Å²) >= 11 is 1.52. The molecule has 0 aliphatic carbocycles. The SMILES string of the molecule is O=C1Cc2ccccc2C(c2ccccc2)=N[C@@H]1Nc1nnc(-c2csc(N3CCOCC3)n2)o1. The molecule has 0 radical (unpaired) electrons. The first-order valence-corrected chi connectivity index (χ1v) is 12.3. The number of nitrogens with zero attached hydrogens (tertiary/aromatic N) is 5. The molecule has 1 fully saturated rings. The van der Waals surface area contributed by atoms with Crippen molar-refractivity contribution in [1.82, 2.24) is 15.2 Å². The van der Waals surface area contributed by atoms with Crippen LogP contribution in [0.25, 0.3) is 11.6 Å². The molecule has 4 heterocycles. The van der Waals surface area contributed by atoms with Gasteiger partial charge in [0.15, 0.2) is 17.1 Å². The van der Waals surface area contributed by atoms with Crippen molar-refractivity contribution in [3.05, 3.63) is 76.7 Å². The smallest absolute Gasteiger partial charge is 0.317 e. The predicted molar refractivity (Wildman–Crippen MR) is 133 cm³/mol. The van der Waals surface area contributed by atoms with Gasteiger partial charge in [-0.2, -0.15) is 0 Å². The van der Waals surface area contributed by atoms with E-state index in [0.29, 0.717) is 24.8 Å². The first kappa shape index (κ1) is 21.6. The Hall–Kier alpha value is -3.89. The number of thiazole rings is 1. The van der Waals surface area contributed by atoms with Crippen LogP contribution in [0.3, 0.4) is 0 Å². The Morgan fingerprint density at radius 3 is 2.66 bits per heavy atom. The first-order valence-electron chi connectivity index (χ1n) is 11.4. The van der Waals surface area contributed by atoms with Gasteiger partial charge in [0.2, 0.25) is 0 Å². The van der Waals surface area contributed by atoms with Crippen LogP contribution in [0.15, 0.2) is 69.4 Å². The molecule has 0 saturated carbocycles. The largest absolute Gasteiger partial charge is 0.402 e. The highest BCUT2D eigenvalue weighted by Crippen LogP contribution is 2.28. The number of benzene rings is 2. The van der Waals surface area contributed by atoms with Crippen molar-refractivity contribution in [1.29, 1.82) is 0 Å².